The molecule has 2 aliphatic carbocycles. The molecule has 0 amide bonds. The summed E-state index contributed by atoms with van der Waals surface area (Å²) in [5.74, 6) is 1.78. The molecule has 1 aromatic rings. The Balaban J connectivity index is 1.28. The number of anilines is 1. The van der Waals surface area contributed by atoms with Gasteiger partial charge in [-0.05, 0) is 49.7 Å². The van der Waals surface area contributed by atoms with Crippen molar-refractivity contribution in [2.24, 2.45) is 23.2 Å². The van der Waals surface area contributed by atoms with Gasteiger partial charge < -0.3 is 14.4 Å². The number of rotatable bonds is 4. The number of hydrogen-bond donors (Lipinski definition) is 0. The summed E-state index contributed by atoms with van der Waals surface area (Å²) in [6.45, 7) is 10.7. The zero-order valence-electron chi connectivity index (χ0n) is 20.0. The van der Waals surface area contributed by atoms with E-state index in [2.05, 4.69) is 54.8 Å². The Labute approximate surface area is 192 Å². The number of allylic oxidation sites excluding steroid dienone is 1. The number of methoxy groups -OCH3 is 1. The van der Waals surface area contributed by atoms with Crippen molar-refractivity contribution in [3.05, 3.63) is 35.9 Å². The molecule has 4 aliphatic rings. The number of benzene rings is 1. The number of nitrogens with zero attached hydrogens (tertiary/aromatic N) is 2. The van der Waals surface area contributed by atoms with Crippen LogP contribution >= 0.6 is 0 Å². The molecule has 174 valence electrons. The van der Waals surface area contributed by atoms with Gasteiger partial charge in [-0.2, -0.15) is 0 Å². The van der Waals surface area contributed by atoms with Crippen molar-refractivity contribution in [2.75, 3.05) is 38.2 Å². The van der Waals surface area contributed by atoms with E-state index in [0.717, 1.165) is 38.3 Å². The molecule has 2 saturated heterocycles. The maximum atomic E-state index is 12.9. The van der Waals surface area contributed by atoms with E-state index >= 15 is 0 Å². The maximum Gasteiger partial charge on any atom is 0.311 e. The summed E-state index contributed by atoms with van der Waals surface area (Å²) in [5.41, 5.74) is 3.04. The van der Waals surface area contributed by atoms with Crippen molar-refractivity contribution in [3.8, 4) is 5.75 Å². The van der Waals surface area contributed by atoms with Crippen LogP contribution in [0.1, 0.15) is 46.5 Å². The van der Waals surface area contributed by atoms with E-state index in [1.165, 1.54) is 24.9 Å². The SMILES string of the molecule is COc1cccc(N2CCN(CC3C(=O)O[C@@H]4C[C@]5(C)CCC[C@@H](C)C5=C[C@H]34)CC2C)c1. The van der Waals surface area contributed by atoms with Gasteiger partial charge in [-0.1, -0.05) is 38.0 Å². The van der Waals surface area contributed by atoms with Crippen molar-refractivity contribution in [3.63, 3.8) is 0 Å². The molecule has 5 heteroatoms. The van der Waals surface area contributed by atoms with Crippen LogP contribution in [-0.2, 0) is 9.53 Å². The summed E-state index contributed by atoms with van der Waals surface area (Å²) < 4.78 is 11.4. The number of fused-ring (bicyclic) bond motifs is 2. The molecule has 0 N–H and O–H groups in total. The average molecular weight is 439 g/mol. The van der Waals surface area contributed by atoms with E-state index in [9.17, 15) is 4.79 Å². The van der Waals surface area contributed by atoms with Crippen LogP contribution in [0.3, 0.4) is 0 Å². The Hall–Kier alpha value is -2.01. The van der Waals surface area contributed by atoms with E-state index in [-0.39, 0.29) is 29.3 Å². The van der Waals surface area contributed by atoms with Crippen molar-refractivity contribution in [1.82, 2.24) is 4.90 Å². The minimum atomic E-state index is -0.0262. The second-order valence-corrected chi connectivity index (χ2v) is 10.8. The van der Waals surface area contributed by atoms with Gasteiger partial charge in [-0.3, -0.25) is 9.69 Å². The van der Waals surface area contributed by atoms with Crippen LogP contribution in [0.15, 0.2) is 35.9 Å². The van der Waals surface area contributed by atoms with Crippen LogP contribution in [-0.4, -0.2) is 56.3 Å². The number of ether oxygens (including phenoxy) is 2. The number of esters is 1. The first kappa shape index (κ1) is 21.8. The number of carbonyl (C=O) groups excluding carboxylic acids is 1. The molecule has 0 radical (unpaired) electrons. The minimum Gasteiger partial charge on any atom is -0.497 e. The second kappa shape index (κ2) is 8.40. The summed E-state index contributed by atoms with van der Waals surface area (Å²) >= 11 is 0. The van der Waals surface area contributed by atoms with Gasteiger partial charge in [0.15, 0.2) is 0 Å². The van der Waals surface area contributed by atoms with E-state index < -0.39 is 0 Å². The molecule has 32 heavy (non-hydrogen) atoms. The van der Waals surface area contributed by atoms with Crippen LogP contribution in [0.25, 0.3) is 0 Å². The highest BCUT2D eigenvalue weighted by atomic mass is 16.6. The molecule has 0 bridgehead atoms. The molecule has 1 aromatic carbocycles. The molecule has 2 heterocycles. The van der Waals surface area contributed by atoms with Gasteiger partial charge in [0, 0.05) is 49.9 Å². The Bertz CT molecular complexity index is 899. The molecular weight excluding hydrogens is 400 g/mol. The fraction of sp³-hybridized carbons (Fsp3) is 0.667. The monoisotopic (exact) mass is 438 g/mol. The highest BCUT2D eigenvalue weighted by molar-refractivity contribution is 5.76. The first-order valence-corrected chi connectivity index (χ1v) is 12.4. The van der Waals surface area contributed by atoms with Crippen LogP contribution in [0.2, 0.25) is 0 Å². The van der Waals surface area contributed by atoms with Gasteiger partial charge in [0.25, 0.3) is 0 Å². The lowest BCUT2D eigenvalue weighted by atomic mass is 9.59. The van der Waals surface area contributed by atoms with Crippen molar-refractivity contribution < 1.29 is 14.3 Å². The van der Waals surface area contributed by atoms with Crippen molar-refractivity contribution in [2.45, 2.75) is 58.6 Å². The Morgan fingerprint density at radius 3 is 2.88 bits per heavy atom. The first-order chi connectivity index (χ1) is 15.4. The Morgan fingerprint density at radius 1 is 1.25 bits per heavy atom. The van der Waals surface area contributed by atoms with Gasteiger partial charge >= 0.3 is 5.97 Å². The van der Waals surface area contributed by atoms with E-state index in [1.807, 2.05) is 6.07 Å². The van der Waals surface area contributed by atoms with Crippen LogP contribution in [0.5, 0.6) is 5.75 Å². The molecule has 2 unspecified atom stereocenters. The molecule has 2 aliphatic heterocycles. The third-order valence-electron chi connectivity index (χ3n) is 8.63. The smallest absolute Gasteiger partial charge is 0.311 e. The normalized spacial score (nSPS) is 37.4. The van der Waals surface area contributed by atoms with Crippen molar-refractivity contribution >= 4 is 11.7 Å². The molecule has 5 nitrogen and oxygen atoms in total. The predicted octanol–water partition coefficient (Wildman–Crippen LogP) is 4.52. The van der Waals surface area contributed by atoms with Gasteiger partial charge in [-0.15, -0.1) is 0 Å². The summed E-state index contributed by atoms with van der Waals surface area (Å²) in [6, 6.07) is 8.70. The average Bonchev–Trinajstić information content (AvgIpc) is 3.06. The highest BCUT2D eigenvalue weighted by Gasteiger charge is 2.52. The quantitative estimate of drug-likeness (QED) is 0.511. The third kappa shape index (κ3) is 3.83. The van der Waals surface area contributed by atoms with Gasteiger partial charge in [0.1, 0.15) is 11.9 Å². The molecule has 1 saturated carbocycles. The Morgan fingerprint density at radius 2 is 2.09 bits per heavy atom. The summed E-state index contributed by atoms with van der Waals surface area (Å²) in [7, 11) is 1.71. The molecule has 5 rings (SSSR count). The molecule has 0 spiro atoms. The Kier molecular flexibility index (Phi) is 5.73. The predicted molar refractivity (Wildman–Crippen MR) is 127 cm³/mol. The summed E-state index contributed by atoms with van der Waals surface area (Å²) in [5, 5.41) is 0. The zero-order chi connectivity index (χ0) is 22.5. The lowest BCUT2D eigenvalue weighted by Crippen LogP contribution is -2.53. The second-order valence-electron chi connectivity index (χ2n) is 10.8. The van der Waals surface area contributed by atoms with Gasteiger partial charge in [0.2, 0.25) is 0 Å². The maximum absolute atomic E-state index is 12.9. The highest BCUT2D eigenvalue weighted by Crippen LogP contribution is 2.54. The fourth-order valence-corrected chi connectivity index (χ4v) is 6.91. The zero-order valence-corrected chi connectivity index (χ0v) is 20.0. The fourth-order valence-electron chi connectivity index (χ4n) is 6.91. The van der Waals surface area contributed by atoms with Crippen LogP contribution in [0.4, 0.5) is 5.69 Å². The largest absolute Gasteiger partial charge is 0.497 e. The number of piperazine rings is 1. The van der Waals surface area contributed by atoms with Crippen LogP contribution < -0.4 is 9.64 Å². The molecule has 3 fully saturated rings. The lowest BCUT2D eigenvalue weighted by molar-refractivity contribution is -0.145. The number of hydrogen-bond acceptors (Lipinski definition) is 5. The minimum absolute atomic E-state index is 0.0228. The summed E-state index contributed by atoms with van der Waals surface area (Å²) in [4.78, 5) is 17.9. The van der Waals surface area contributed by atoms with E-state index in [1.54, 1.807) is 12.7 Å². The number of carbonyl (C=O) groups is 1. The van der Waals surface area contributed by atoms with E-state index in [4.69, 9.17) is 9.47 Å². The standard InChI is InChI=1S/C27H38N2O3/c1-18-7-6-10-27(3)15-25-22(14-24(18)27)23(26(30)32-25)17-28-11-12-29(19(2)16-28)20-8-5-9-21(13-20)31-4/h5,8-9,13-14,18-19,22-23,25H,6-7,10-12,15-17H2,1-4H3/t18-,19?,22-,23?,25-,27+/m1/s1. The molecule has 6 atom stereocenters. The van der Waals surface area contributed by atoms with E-state index in [0.29, 0.717) is 12.0 Å². The topological polar surface area (TPSA) is 42.0 Å². The van der Waals surface area contributed by atoms with Gasteiger partial charge in [-0.25, -0.2) is 0 Å². The van der Waals surface area contributed by atoms with Gasteiger partial charge in [0.05, 0.1) is 13.0 Å². The van der Waals surface area contributed by atoms with Crippen molar-refractivity contribution in [1.29, 1.82) is 0 Å². The molecular formula is C27H38N2O3. The first-order valence-electron chi connectivity index (χ1n) is 12.4. The summed E-state index contributed by atoms with van der Waals surface area (Å²) in [6.07, 6.45) is 7.36. The van der Waals surface area contributed by atoms with Crippen LogP contribution in [0, 0.1) is 23.2 Å². The third-order valence-corrected chi connectivity index (χ3v) is 8.63. The molecule has 0 aromatic heterocycles. The lowest BCUT2D eigenvalue weighted by Gasteiger charge is -2.46.